The highest BCUT2D eigenvalue weighted by Crippen LogP contribution is 2.35. The van der Waals surface area contributed by atoms with Crippen LogP contribution < -0.4 is 15.0 Å². The van der Waals surface area contributed by atoms with Crippen molar-refractivity contribution in [2.75, 3.05) is 17.3 Å². The van der Waals surface area contributed by atoms with Gasteiger partial charge >= 0.3 is 0 Å². The molecule has 168 valence electrons. The van der Waals surface area contributed by atoms with Gasteiger partial charge in [0.2, 0.25) is 0 Å². The second-order valence-electron chi connectivity index (χ2n) is 8.83. The van der Waals surface area contributed by atoms with Crippen molar-refractivity contribution in [1.82, 2.24) is 0 Å². The number of nitrogens with one attached hydrogen (secondary N) is 1. The summed E-state index contributed by atoms with van der Waals surface area (Å²) in [5.41, 5.74) is 2.48. The zero-order valence-corrected chi connectivity index (χ0v) is 19.0. The molecule has 2 amide bonds. The van der Waals surface area contributed by atoms with Gasteiger partial charge in [-0.2, -0.15) is 0 Å². The van der Waals surface area contributed by atoms with Crippen LogP contribution in [0.1, 0.15) is 31.9 Å². The fraction of sp³-hybridized carbons (Fsp3) is 0.185. The number of hydrogen-bond donors (Lipinski definition) is 1. The Bertz CT molecular complexity index is 1240. The van der Waals surface area contributed by atoms with Crippen molar-refractivity contribution in [3.8, 4) is 5.75 Å². The lowest BCUT2D eigenvalue weighted by molar-refractivity contribution is -0.120. The maximum absolute atomic E-state index is 14.5. The van der Waals surface area contributed by atoms with Crippen LogP contribution in [0.25, 0.3) is 5.57 Å². The molecule has 0 aromatic heterocycles. The zero-order valence-electron chi connectivity index (χ0n) is 19.0. The molecule has 1 N–H and O–H groups in total. The monoisotopic (exact) mass is 444 g/mol. The Morgan fingerprint density at radius 2 is 1.48 bits per heavy atom. The third kappa shape index (κ3) is 4.24. The molecule has 1 aliphatic heterocycles. The summed E-state index contributed by atoms with van der Waals surface area (Å²) in [5, 5.41) is 3.11. The SMILES string of the molecule is COc1ccc(C2=C(Nc3ccc(C(C)(C)C)cc3)C(=O)N(c3ccccc3F)C2=O)cc1. The van der Waals surface area contributed by atoms with Gasteiger partial charge in [-0.1, -0.05) is 57.2 Å². The number of hydrogen-bond acceptors (Lipinski definition) is 4. The van der Waals surface area contributed by atoms with E-state index in [2.05, 4.69) is 26.1 Å². The van der Waals surface area contributed by atoms with Gasteiger partial charge in [0.1, 0.15) is 17.3 Å². The molecule has 0 saturated heterocycles. The molecule has 0 saturated carbocycles. The number of halogens is 1. The molecule has 0 spiro atoms. The van der Waals surface area contributed by atoms with E-state index < -0.39 is 17.6 Å². The summed E-state index contributed by atoms with van der Waals surface area (Å²) in [7, 11) is 1.55. The topological polar surface area (TPSA) is 58.6 Å². The number of benzene rings is 3. The highest BCUT2D eigenvalue weighted by atomic mass is 19.1. The van der Waals surface area contributed by atoms with Crippen LogP contribution in [-0.4, -0.2) is 18.9 Å². The molecule has 33 heavy (non-hydrogen) atoms. The van der Waals surface area contributed by atoms with Gasteiger partial charge in [-0.05, 0) is 52.9 Å². The van der Waals surface area contributed by atoms with Crippen LogP contribution in [0.5, 0.6) is 5.75 Å². The number of para-hydroxylation sites is 1. The van der Waals surface area contributed by atoms with E-state index in [4.69, 9.17) is 4.74 Å². The van der Waals surface area contributed by atoms with Crippen molar-refractivity contribution in [2.45, 2.75) is 26.2 Å². The normalized spacial score (nSPS) is 14.2. The van der Waals surface area contributed by atoms with Gasteiger partial charge in [0, 0.05) is 5.69 Å². The van der Waals surface area contributed by atoms with Crippen LogP contribution in [0.15, 0.2) is 78.5 Å². The van der Waals surface area contributed by atoms with Gasteiger partial charge in [0.25, 0.3) is 11.8 Å². The Morgan fingerprint density at radius 1 is 0.848 bits per heavy atom. The molecule has 0 fully saturated rings. The van der Waals surface area contributed by atoms with E-state index in [9.17, 15) is 14.0 Å². The Hall–Kier alpha value is -3.93. The molecule has 0 atom stereocenters. The number of methoxy groups -OCH3 is 1. The number of rotatable bonds is 5. The summed E-state index contributed by atoms with van der Waals surface area (Å²) < 4.78 is 19.7. The van der Waals surface area contributed by atoms with E-state index in [0.717, 1.165) is 10.5 Å². The summed E-state index contributed by atoms with van der Waals surface area (Å²) in [6, 6.07) is 20.2. The average molecular weight is 445 g/mol. The van der Waals surface area contributed by atoms with Crippen LogP contribution >= 0.6 is 0 Å². The molecule has 3 aromatic rings. The molecular formula is C27H25FN2O3. The van der Waals surface area contributed by atoms with Crippen LogP contribution in [0.4, 0.5) is 15.8 Å². The maximum Gasteiger partial charge on any atom is 0.282 e. The lowest BCUT2D eigenvalue weighted by Gasteiger charge is -2.19. The number of amides is 2. The molecule has 0 aliphatic carbocycles. The highest BCUT2D eigenvalue weighted by Gasteiger charge is 2.41. The van der Waals surface area contributed by atoms with E-state index in [1.54, 1.807) is 37.4 Å². The number of imide groups is 1. The minimum Gasteiger partial charge on any atom is -0.497 e. The second kappa shape index (κ2) is 8.54. The smallest absolute Gasteiger partial charge is 0.282 e. The Labute approximate surface area is 192 Å². The summed E-state index contributed by atoms with van der Waals surface area (Å²) in [4.78, 5) is 27.7. The number of carbonyl (C=O) groups is 2. The Balaban J connectivity index is 1.79. The fourth-order valence-electron chi connectivity index (χ4n) is 3.72. The van der Waals surface area contributed by atoms with Crippen molar-refractivity contribution < 1.29 is 18.7 Å². The maximum atomic E-state index is 14.5. The molecule has 1 aliphatic rings. The van der Waals surface area contributed by atoms with Crippen LogP contribution in [0.2, 0.25) is 0 Å². The third-order valence-corrected chi connectivity index (χ3v) is 5.58. The first kappa shape index (κ1) is 22.3. The van der Waals surface area contributed by atoms with Crippen LogP contribution in [0, 0.1) is 5.82 Å². The summed E-state index contributed by atoms with van der Waals surface area (Å²) >= 11 is 0. The minimum atomic E-state index is -0.649. The van der Waals surface area contributed by atoms with Crippen molar-refractivity contribution >= 4 is 28.8 Å². The quantitative estimate of drug-likeness (QED) is 0.526. The van der Waals surface area contributed by atoms with E-state index in [1.807, 2.05) is 24.3 Å². The van der Waals surface area contributed by atoms with Gasteiger partial charge < -0.3 is 10.1 Å². The average Bonchev–Trinajstić information content (AvgIpc) is 3.03. The van der Waals surface area contributed by atoms with Crippen LogP contribution in [0.3, 0.4) is 0 Å². The molecule has 6 heteroatoms. The predicted octanol–water partition coefficient (Wildman–Crippen LogP) is 5.53. The van der Waals surface area contributed by atoms with Gasteiger partial charge in [-0.15, -0.1) is 0 Å². The van der Waals surface area contributed by atoms with Gasteiger partial charge in [0.05, 0.1) is 18.4 Å². The van der Waals surface area contributed by atoms with E-state index in [0.29, 0.717) is 17.0 Å². The molecule has 0 radical (unpaired) electrons. The summed E-state index contributed by atoms with van der Waals surface area (Å²) in [6.07, 6.45) is 0. The molecule has 0 bridgehead atoms. The largest absolute Gasteiger partial charge is 0.497 e. The molecule has 5 nitrogen and oxygen atoms in total. The number of anilines is 2. The Kier molecular flexibility index (Phi) is 5.77. The summed E-state index contributed by atoms with van der Waals surface area (Å²) in [6.45, 7) is 6.35. The molecular weight excluding hydrogens is 419 g/mol. The molecule has 1 heterocycles. The van der Waals surface area contributed by atoms with Crippen molar-refractivity contribution in [1.29, 1.82) is 0 Å². The van der Waals surface area contributed by atoms with Crippen molar-refractivity contribution in [3.05, 3.63) is 95.4 Å². The highest BCUT2D eigenvalue weighted by molar-refractivity contribution is 6.46. The number of carbonyl (C=O) groups excluding carboxylic acids is 2. The molecule has 0 unspecified atom stereocenters. The van der Waals surface area contributed by atoms with Gasteiger partial charge in [-0.25, -0.2) is 9.29 Å². The van der Waals surface area contributed by atoms with E-state index >= 15 is 0 Å². The minimum absolute atomic E-state index is 0.0210. The first-order valence-corrected chi connectivity index (χ1v) is 10.6. The standard InChI is InChI=1S/C27H25FN2O3/c1-27(2,3)18-11-13-19(14-12-18)29-24-23(17-9-15-20(33-4)16-10-17)25(31)30(26(24)32)22-8-6-5-7-21(22)28/h5-16,29H,1-4H3. The predicted molar refractivity (Wildman–Crippen MR) is 128 cm³/mol. The van der Waals surface area contributed by atoms with E-state index in [-0.39, 0.29) is 22.4 Å². The van der Waals surface area contributed by atoms with Crippen molar-refractivity contribution in [2.24, 2.45) is 0 Å². The summed E-state index contributed by atoms with van der Waals surface area (Å²) in [5.74, 6) is -1.24. The van der Waals surface area contributed by atoms with Gasteiger partial charge in [0.15, 0.2) is 0 Å². The van der Waals surface area contributed by atoms with Crippen molar-refractivity contribution in [3.63, 3.8) is 0 Å². The second-order valence-corrected chi connectivity index (χ2v) is 8.83. The third-order valence-electron chi connectivity index (χ3n) is 5.58. The zero-order chi connectivity index (χ0) is 23.8. The van der Waals surface area contributed by atoms with E-state index in [1.165, 1.54) is 18.2 Å². The molecule has 4 rings (SSSR count). The lowest BCUT2D eigenvalue weighted by atomic mass is 9.87. The first-order valence-electron chi connectivity index (χ1n) is 10.6. The Morgan fingerprint density at radius 3 is 2.06 bits per heavy atom. The number of nitrogens with zero attached hydrogens (tertiary/aromatic N) is 1. The lowest BCUT2D eigenvalue weighted by Crippen LogP contribution is -2.33. The van der Waals surface area contributed by atoms with Gasteiger partial charge in [-0.3, -0.25) is 9.59 Å². The first-order chi connectivity index (χ1) is 15.7. The fourth-order valence-corrected chi connectivity index (χ4v) is 3.72. The van der Waals surface area contributed by atoms with Crippen LogP contribution in [-0.2, 0) is 15.0 Å². The molecule has 3 aromatic carbocycles. The number of ether oxygens (including phenoxy) is 1.